The van der Waals surface area contributed by atoms with Gasteiger partial charge < -0.3 is 10.1 Å². The summed E-state index contributed by atoms with van der Waals surface area (Å²) in [5.74, 6) is 0.356. The van der Waals surface area contributed by atoms with Gasteiger partial charge in [-0.2, -0.15) is 10.4 Å². The highest BCUT2D eigenvalue weighted by Gasteiger charge is 2.11. The normalized spacial score (nSPS) is 10.4. The van der Waals surface area contributed by atoms with Crippen LogP contribution < -0.4 is 15.5 Å². The maximum atomic E-state index is 9.12. The maximum absolute atomic E-state index is 9.12. The monoisotopic (exact) mass is 406 g/mol. The predicted molar refractivity (Wildman–Crippen MR) is 109 cm³/mol. The van der Waals surface area contributed by atoms with Gasteiger partial charge in [-0.15, -0.1) is 0 Å². The van der Waals surface area contributed by atoms with Crippen molar-refractivity contribution in [3.05, 3.63) is 63.1 Å². The number of hydrogen-bond donors (Lipinski definition) is 2. The summed E-state index contributed by atoms with van der Waals surface area (Å²) in [6.07, 6.45) is 1.55. The molecule has 2 N–H and O–H groups in total. The third-order valence-electron chi connectivity index (χ3n) is 3.25. The van der Waals surface area contributed by atoms with Gasteiger partial charge in [-0.1, -0.05) is 41.4 Å². The molecule has 2 rings (SSSR count). The van der Waals surface area contributed by atoms with Crippen LogP contribution in [0.3, 0.4) is 0 Å². The minimum atomic E-state index is 0.190. The fourth-order valence-electron chi connectivity index (χ4n) is 2.06. The second kappa shape index (κ2) is 9.97. The molecule has 0 aliphatic carbocycles. The molecule has 0 atom stereocenters. The number of benzene rings is 2. The number of nitriles is 1. The number of rotatable bonds is 6. The van der Waals surface area contributed by atoms with E-state index in [1.165, 1.54) is 0 Å². The molecule has 26 heavy (non-hydrogen) atoms. The fourth-order valence-corrected chi connectivity index (χ4v) is 2.87. The van der Waals surface area contributed by atoms with Crippen molar-refractivity contribution in [1.29, 1.82) is 5.26 Å². The standard InChI is InChI=1S/C18H16Cl2N4OS/c1-2-22-18(26)24-23-10-12-7-15(19)17(16(20)8-12)25-11-14-6-4-3-5-13(14)9-21/h3-8,10H,2,11H2,1H3,(H2,22,24,26). The average molecular weight is 407 g/mol. The first-order valence-corrected chi connectivity index (χ1v) is 8.88. The van der Waals surface area contributed by atoms with Crippen molar-refractivity contribution in [3.63, 3.8) is 0 Å². The Labute approximate surface area is 167 Å². The molecular formula is C18H16Cl2N4OS. The summed E-state index contributed by atoms with van der Waals surface area (Å²) in [7, 11) is 0. The van der Waals surface area contributed by atoms with E-state index in [1.807, 2.05) is 19.1 Å². The van der Waals surface area contributed by atoms with E-state index in [1.54, 1.807) is 30.5 Å². The summed E-state index contributed by atoms with van der Waals surface area (Å²) >= 11 is 17.6. The molecule has 0 saturated heterocycles. The van der Waals surface area contributed by atoms with Crippen molar-refractivity contribution in [2.75, 3.05) is 6.54 Å². The summed E-state index contributed by atoms with van der Waals surface area (Å²) in [4.78, 5) is 0. The molecule has 134 valence electrons. The zero-order valence-electron chi connectivity index (χ0n) is 13.9. The molecule has 0 aliphatic heterocycles. The number of hydrogen-bond acceptors (Lipinski definition) is 4. The minimum absolute atomic E-state index is 0.190. The Morgan fingerprint density at radius 1 is 1.31 bits per heavy atom. The molecule has 0 aliphatic rings. The molecule has 0 aromatic heterocycles. The second-order valence-corrected chi connectivity index (χ2v) is 6.32. The highest BCUT2D eigenvalue weighted by Crippen LogP contribution is 2.34. The molecule has 0 amide bonds. The third kappa shape index (κ3) is 5.60. The van der Waals surface area contributed by atoms with Gasteiger partial charge in [-0.3, -0.25) is 5.43 Å². The number of nitrogens with one attached hydrogen (secondary N) is 2. The molecule has 0 spiro atoms. The van der Waals surface area contributed by atoms with E-state index < -0.39 is 0 Å². The van der Waals surface area contributed by atoms with E-state index in [9.17, 15) is 0 Å². The molecule has 0 fully saturated rings. The minimum Gasteiger partial charge on any atom is -0.486 e. The van der Waals surface area contributed by atoms with E-state index >= 15 is 0 Å². The van der Waals surface area contributed by atoms with Crippen molar-refractivity contribution in [2.45, 2.75) is 13.5 Å². The molecular weight excluding hydrogens is 391 g/mol. The van der Waals surface area contributed by atoms with Crippen LogP contribution in [0.4, 0.5) is 0 Å². The van der Waals surface area contributed by atoms with E-state index in [4.69, 9.17) is 45.4 Å². The Morgan fingerprint density at radius 3 is 2.65 bits per heavy atom. The smallest absolute Gasteiger partial charge is 0.186 e. The molecule has 5 nitrogen and oxygen atoms in total. The van der Waals surface area contributed by atoms with Crippen LogP contribution in [-0.2, 0) is 6.61 Å². The quantitative estimate of drug-likeness (QED) is 0.425. The molecule has 8 heteroatoms. The van der Waals surface area contributed by atoms with Gasteiger partial charge in [0.25, 0.3) is 0 Å². The van der Waals surface area contributed by atoms with Crippen molar-refractivity contribution in [2.24, 2.45) is 5.10 Å². The topological polar surface area (TPSA) is 69.4 Å². The summed E-state index contributed by atoms with van der Waals surface area (Å²) in [5, 5.41) is 17.2. The van der Waals surface area contributed by atoms with Crippen LogP contribution in [-0.4, -0.2) is 17.9 Å². The molecule has 0 heterocycles. The van der Waals surface area contributed by atoms with Gasteiger partial charge in [0.05, 0.1) is 27.9 Å². The van der Waals surface area contributed by atoms with Crippen LogP contribution in [0.5, 0.6) is 5.75 Å². The van der Waals surface area contributed by atoms with Crippen LogP contribution in [0.15, 0.2) is 41.5 Å². The summed E-state index contributed by atoms with van der Waals surface area (Å²) < 4.78 is 5.72. The van der Waals surface area contributed by atoms with Gasteiger partial charge in [0, 0.05) is 12.1 Å². The zero-order chi connectivity index (χ0) is 18.9. The molecule has 0 radical (unpaired) electrons. The highest BCUT2D eigenvalue weighted by atomic mass is 35.5. The lowest BCUT2D eigenvalue weighted by Crippen LogP contribution is -2.31. The van der Waals surface area contributed by atoms with Crippen molar-refractivity contribution < 1.29 is 4.74 Å². The number of halogens is 2. The van der Waals surface area contributed by atoms with Gasteiger partial charge in [0.1, 0.15) is 6.61 Å². The Morgan fingerprint density at radius 2 is 2.00 bits per heavy atom. The van der Waals surface area contributed by atoms with Crippen LogP contribution in [0, 0.1) is 11.3 Å². The summed E-state index contributed by atoms with van der Waals surface area (Å²) in [6.45, 7) is 2.83. The van der Waals surface area contributed by atoms with Crippen molar-refractivity contribution >= 4 is 46.7 Å². The number of nitrogens with zero attached hydrogens (tertiary/aromatic N) is 2. The molecule has 0 unspecified atom stereocenters. The second-order valence-electron chi connectivity index (χ2n) is 5.10. The Bertz CT molecular complexity index is 842. The fraction of sp³-hybridized carbons (Fsp3) is 0.167. The largest absolute Gasteiger partial charge is 0.486 e. The van der Waals surface area contributed by atoms with Gasteiger partial charge >= 0.3 is 0 Å². The van der Waals surface area contributed by atoms with Crippen molar-refractivity contribution in [1.82, 2.24) is 10.7 Å². The summed E-state index contributed by atoms with van der Waals surface area (Å²) in [5.41, 5.74) is 4.68. The molecule has 0 saturated carbocycles. The Kier molecular flexibility index (Phi) is 7.67. The van der Waals surface area contributed by atoms with Crippen LogP contribution in [0.2, 0.25) is 10.0 Å². The molecule has 2 aromatic carbocycles. The number of ether oxygens (including phenoxy) is 1. The van der Waals surface area contributed by atoms with E-state index in [0.29, 0.717) is 38.6 Å². The molecule has 2 aromatic rings. The first-order valence-electron chi connectivity index (χ1n) is 7.72. The Balaban J connectivity index is 2.08. The lowest BCUT2D eigenvalue weighted by atomic mass is 10.1. The van der Waals surface area contributed by atoms with Gasteiger partial charge in [0.2, 0.25) is 0 Å². The van der Waals surface area contributed by atoms with Gasteiger partial charge in [-0.05, 0) is 42.9 Å². The van der Waals surface area contributed by atoms with Crippen molar-refractivity contribution in [3.8, 4) is 11.8 Å². The predicted octanol–water partition coefficient (Wildman–Crippen LogP) is 4.26. The first kappa shape index (κ1) is 20.0. The lowest BCUT2D eigenvalue weighted by Gasteiger charge is -2.11. The summed E-state index contributed by atoms with van der Waals surface area (Å²) in [6, 6.07) is 12.7. The van der Waals surface area contributed by atoms with E-state index in [-0.39, 0.29) is 6.61 Å². The Hall–Kier alpha value is -2.33. The third-order valence-corrected chi connectivity index (χ3v) is 4.04. The highest BCUT2D eigenvalue weighted by molar-refractivity contribution is 7.80. The van der Waals surface area contributed by atoms with Gasteiger partial charge in [0.15, 0.2) is 10.9 Å². The zero-order valence-corrected chi connectivity index (χ0v) is 16.3. The van der Waals surface area contributed by atoms with Crippen LogP contribution in [0.25, 0.3) is 0 Å². The van der Waals surface area contributed by atoms with Crippen LogP contribution >= 0.6 is 35.4 Å². The number of hydrazone groups is 1. The average Bonchev–Trinajstić information content (AvgIpc) is 2.61. The lowest BCUT2D eigenvalue weighted by molar-refractivity contribution is 0.306. The van der Waals surface area contributed by atoms with Gasteiger partial charge in [-0.25, -0.2) is 0 Å². The van der Waals surface area contributed by atoms with Crippen LogP contribution in [0.1, 0.15) is 23.6 Å². The first-order chi connectivity index (χ1) is 12.5. The van der Waals surface area contributed by atoms with E-state index in [2.05, 4.69) is 21.9 Å². The SMILES string of the molecule is CCNC(=S)NN=Cc1cc(Cl)c(OCc2ccccc2C#N)c(Cl)c1. The molecule has 0 bridgehead atoms. The number of thiocarbonyl (C=S) groups is 1. The van der Waals surface area contributed by atoms with E-state index in [0.717, 1.165) is 5.56 Å². The maximum Gasteiger partial charge on any atom is 0.186 e.